The molecular formula is C20H19F5O. The molecule has 0 radical (unpaired) electrons. The van der Waals surface area contributed by atoms with Crippen molar-refractivity contribution in [3.05, 3.63) is 65.0 Å². The van der Waals surface area contributed by atoms with E-state index in [1.54, 1.807) is 12.1 Å². The third-order valence-electron chi connectivity index (χ3n) is 4.93. The van der Waals surface area contributed by atoms with Crippen molar-refractivity contribution >= 4 is 0 Å². The maximum atomic E-state index is 14.2. The number of ether oxygens (including phenoxy) is 1. The molecule has 1 saturated carbocycles. The van der Waals surface area contributed by atoms with E-state index in [4.69, 9.17) is 0 Å². The molecule has 1 nitrogen and oxygen atoms in total. The Balaban J connectivity index is 1.73. The van der Waals surface area contributed by atoms with Crippen LogP contribution in [0.1, 0.15) is 49.7 Å². The molecule has 3 rings (SSSR count). The molecule has 1 fully saturated rings. The molecule has 0 N–H and O–H groups in total. The minimum Gasteiger partial charge on any atom is -0.429 e. The molecule has 2 aromatic rings. The molecule has 26 heavy (non-hydrogen) atoms. The first-order valence-corrected chi connectivity index (χ1v) is 8.58. The lowest BCUT2D eigenvalue weighted by Crippen LogP contribution is -2.22. The second kappa shape index (κ2) is 7.25. The van der Waals surface area contributed by atoms with Crippen LogP contribution in [-0.2, 0) is 6.11 Å². The van der Waals surface area contributed by atoms with E-state index < -0.39 is 29.1 Å². The first-order chi connectivity index (χ1) is 12.3. The Morgan fingerprint density at radius 2 is 1.42 bits per heavy atom. The number of rotatable bonds is 4. The Labute approximate surface area is 148 Å². The quantitative estimate of drug-likeness (QED) is 0.439. The normalized spacial score (nSPS) is 20.8. The number of benzene rings is 2. The summed E-state index contributed by atoms with van der Waals surface area (Å²) in [5.41, 5.74) is -0.0225. The SMILES string of the molecule is CC1CCC(c2ccc(OC(F)(F)c3cc(F)c(F)c(F)c3)cc2)CC1. The van der Waals surface area contributed by atoms with Gasteiger partial charge in [0.1, 0.15) is 5.75 Å². The molecule has 0 spiro atoms. The molecule has 0 bridgehead atoms. The molecule has 0 heterocycles. The summed E-state index contributed by atoms with van der Waals surface area (Å²) in [5.74, 6) is -4.19. The van der Waals surface area contributed by atoms with E-state index in [0.717, 1.165) is 31.2 Å². The number of halogens is 5. The van der Waals surface area contributed by atoms with Crippen molar-refractivity contribution in [2.45, 2.75) is 44.6 Å². The summed E-state index contributed by atoms with van der Waals surface area (Å²) in [6, 6.07) is 6.76. The fourth-order valence-electron chi connectivity index (χ4n) is 3.33. The molecule has 0 aromatic heterocycles. The van der Waals surface area contributed by atoms with Gasteiger partial charge < -0.3 is 4.74 Å². The molecule has 1 aliphatic rings. The number of alkyl halides is 2. The average Bonchev–Trinajstić information content (AvgIpc) is 2.60. The van der Waals surface area contributed by atoms with Gasteiger partial charge in [0.05, 0.1) is 5.56 Å². The monoisotopic (exact) mass is 370 g/mol. The van der Waals surface area contributed by atoms with Gasteiger partial charge in [-0.1, -0.05) is 31.9 Å². The zero-order valence-corrected chi connectivity index (χ0v) is 14.2. The zero-order valence-electron chi connectivity index (χ0n) is 14.2. The van der Waals surface area contributed by atoms with Gasteiger partial charge in [-0.25, -0.2) is 13.2 Å². The summed E-state index contributed by atoms with van der Waals surface area (Å²) in [7, 11) is 0. The second-order valence-corrected chi connectivity index (χ2v) is 6.90. The molecule has 0 amide bonds. The van der Waals surface area contributed by atoms with Gasteiger partial charge in [0.25, 0.3) is 0 Å². The maximum Gasteiger partial charge on any atom is 0.426 e. The van der Waals surface area contributed by atoms with Gasteiger partial charge in [-0.05, 0) is 54.5 Å². The van der Waals surface area contributed by atoms with Crippen LogP contribution in [0.25, 0.3) is 0 Å². The molecule has 0 unspecified atom stereocenters. The highest BCUT2D eigenvalue weighted by atomic mass is 19.3. The number of hydrogen-bond donors (Lipinski definition) is 0. The molecular weight excluding hydrogens is 351 g/mol. The van der Waals surface area contributed by atoms with Crippen LogP contribution in [-0.4, -0.2) is 0 Å². The molecule has 0 saturated heterocycles. The van der Waals surface area contributed by atoms with Gasteiger partial charge in [0.2, 0.25) is 0 Å². The van der Waals surface area contributed by atoms with E-state index in [1.807, 2.05) is 0 Å². The second-order valence-electron chi connectivity index (χ2n) is 6.90. The largest absolute Gasteiger partial charge is 0.429 e. The third-order valence-corrected chi connectivity index (χ3v) is 4.93. The third kappa shape index (κ3) is 4.00. The Morgan fingerprint density at radius 1 is 0.885 bits per heavy atom. The lowest BCUT2D eigenvalue weighted by molar-refractivity contribution is -0.185. The predicted octanol–water partition coefficient (Wildman–Crippen LogP) is 6.53. The van der Waals surface area contributed by atoms with E-state index in [2.05, 4.69) is 11.7 Å². The standard InChI is InChI=1S/C20H19F5O/c1-12-2-4-13(5-3-12)14-6-8-16(9-7-14)26-20(24,25)15-10-17(21)19(23)18(22)11-15/h6-13H,2-5H2,1H3. The van der Waals surface area contributed by atoms with E-state index in [0.29, 0.717) is 11.8 Å². The fourth-order valence-corrected chi connectivity index (χ4v) is 3.33. The van der Waals surface area contributed by atoms with Crippen molar-refractivity contribution in [2.75, 3.05) is 0 Å². The van der Waals surface area contributed by atoms with Crippen molar-refractivity contribution < 1.29 is 26.7 Å². The summed E-state index contributed by atoms with van der Waals surface area (Å²) in [6.45, 7) is 2.22. The van der Waals surface area contributed by atoms with Gasteiger partial charge in [-0.3, -0.25) is 0 Å². The van der Waals surface area contributed by atoms with E-state index in [9.17, 15) is 22.0 Å². The summed E-state index contributed by atoms with van der Waals surface area (Å²) >= 11 is 0. The Bertz CT molecular complexity index is 741. The van der Waals surface area contributed by atoms with Crippen LogP contribution in [0.4, 0.5) is 22.0 Å². The van der Waals surface area contributed by atoms with Crippen molar-refractivity contribution in [3.8, 4) is 5.75 Å². The number of hydrogen-bond acceptors (Lipinski definition) is 1. The summed E-state index contributed by atoms with van der Waals surface area (Å²) in [4.78, 5) is 0. The topological polar surface area (TPSA) is 9.23 Å². The predicted molar refractivity (Wildman–Crippen MR) is 87.7 cm³/mol. The van der Waals surface area contributed by atoms with Crippen LogP contribution in [0.3, 0.4) is 0 Å². The van der Waals surface area contributed by atoms with Gasteiger partial charge in [-0.2, -0.15) is 8.78 Å². The molecule has 0 atom stereocenters. The Hall–Kier alpha value is -2.11. The molecule has 1 aliphatic carbocycles. The van der Waals surface area contributed by atoms with E-state index in [-0.39, 0.29) is 17.9 Å². The highest BCUT2D eigenvalue weighted by molar-refractivity contribution is 5.31. The van der Waals surface area contributed by atoms with E-state index >= 15 is 0 Å². The zero-order chi connectivity index (χ0) is 18.9. The Morgan fingerprint density at radius 3 is 1.96 bits per heavy atom. The first kappa shape index (κ1) is 18.7. The minimum absolute atomic E-state index is 0.131. The first-order valence-electron chi connectivity index (χ1n) is 8.58. The van der Waals surface area contributed by atoms with Crippen molar-refractivity contribution in [1.29, 1.82) is 0 Å². The van der Waals surface area contributed by atoms with Crippen LogP contribution < -0.4 is 4.74 Å². The van der Waals surface area contributed by atoms with Gasteiger partial charge in [0, 0.05) is 0 Å². The highest BCUT2D eigenvalue weighted by Crippen LogP contribution is 2.37. The summed E-state index contributed by atoms with van der Waals surface area (Å²) < 4.78 is 72.2. The van der Waals surface area contributed by atoms with Crippen LogP contribution >= 0.6 is 0 Å². The van der Waals surface area contributed by atoms with Crippen LogP contribution in [0.15, 0.2) is 36.4 Å². The van der Waals surface area contributed by atoms with Crippen LogP contribution in [0.2, 0.25) is 0 Å². The minimum atomic E-state index is -3.99. The molecule has 2 aromatic carbocycles. The van der Waals surface area contributed by atoms with Crippen LogP contribution in [0.5, 0.6) is 5.75 Å². The van der Waals surface area contributed by atoms with Crippen molar-refractivity contribution in [3.63, 3.8) is 0 Å². The lowest BCUT2D eigenvalue weighted by Gasteiger charge is -2.26. The van der Waals surface area contributed by atoms with Crippen molar-refractivity contribution in [1.82, 2.24) is 0 Å². The van der Waals surface area contributed by atoms with Crippen LogP contribution in [0, 0.1) is 23.4 Å². The lowest BCUT2D eigenvalue weighted by atomic mass is 9.79. The summed E-state index contributed by atoms with van der Waals surface area (Å²) in [6.07, 6.45) is 0.417. The summed E-state index contributed by atoms with van der Waals surface area (Å²) in [5, 5.41) is 0. The average molecular weight is 370 g/mol. The van der Waals surface area contributed by atoms with Gasteiger partial charge >= 0.3 is 6.11 Å². The van der Waals surface area contributed by atoms with E-state index in [1.165, 1.54) is 12.1 Å². The fraction of sp³-hybridized carbons (Fsp3) is 0.400. The molecule has 0 aliphatic heterocycles. The van der Waals surface area contributed by atoms with Gasteiger partial charge in [0.15, 0.2) is 17.5 Å². The maximum absolute atomic E-state index is 14.2. The van der Waals surface area contributed by atoms with Gasteiger partial charge in [-0.15, -0.1) is 0 Å². The van der Waals surface area contributed by atoms with Crippen molar-refractivity contribution in [2.24, 2.45) is 5.92 Å². The Kier molecular flexibility index (Phi) is 5.21. The smallest absolute Gasteiger partial charge is 0.426 e. The highest BCUT2D eigenvalue weighted by Gasteiger charge is 2.36. The molecule has 140 valence electrons. The molecule has 6 heteroatoms.